The van der Waals surface area contributed by atoms with Crippen molar-refractivity contribution in [1.29, 1.82) is 0 Å². The molecule has 0 unspecified atom stereocenters. The third kappa shape index (κ3) is 4.21. The lowest BCUT2D eigenvalue weighted by Crippen LogP contribution is -2.03. The van der Waals surface area contributed by atoms with Crippen molar-refractivity contribution in [3.05, 3.63) is 182 Å². The van der Waals surface area contributed by atoms with E-state index >= 15 is 0 Å². The molecule has 0 N–H and O–H groups in total. The number of hydrogen-bond donors (Lipinski definition) is 0. The molecule has 52 heavy (non-hydrogen) atoms. The predicted octanol–water partition coefficient (Wildman–Crippen LogP) is 12.3. The van der Waals surface area contributed by atoms with Gasteiger partial charge in [-0.15, -0.1) is 0 Å². The molecule has 0 aliphatic heterocycles. The lowest BCUT2D eigenvalue weighted by molar-refractivity contribution is 1.02. The van der Waals surface area contributed by atoms with Crippen molar-refractivity contribution in [1.82, 2.24) is 19.1 Å². The highest BCUT2D eigenvalue weighted by Crippen LogP contribution is 2.43. The average Bonchev–Trinajstić information content (AvgIpc) is 3.73. The van der Waals surface area contributed by atoms with Crippen LogP contribution in [-0.2, 0) is 0 Å². The predicted molar refractivity (Wildman–Crippen MR) is 217 cm³/mol. The number of nitrogens with zero attached hydrogens (tertiary/aromatic N) is 4. The summed E-state index contributed by atoms with van der Waals surface area (Å²) in [5, 5.41) is 8.22. The zero-order chi connectivity index (χ0) is 34.2. The molecule has 0 saturated heterocycles. The number of benzene rings is 8. The number of para-hydroxylation sites is 4. The normalized spacial score (nSPS) is 11.8. The van der Waals surface area contributed by atoms with E-state index in [1.54, 1.807) is 0 Å². The van der Waals surface area contributed by atoms with Gasteiger partial charge in [0.05, 0.1) is 33.3 Å². The largest absolute Gasteiger partial charge is 0.309 e. The summed E-state index contributed by atoms with van der Waals surface area (Å²) in [6.45, 7) is 0. The summed E-state index contributed by atoms with van der Waals surface area (Å²) in [4.78, 5) is 10.6. The molecule has 0 saturated carbocycles. The van der Waals surface area contributed by atoms with Gasteiger partial charge < -0.3 is 4.57 Å². The van der Waals surface area contributed by atoms with E-state index in [2.05, 4.69) is 185 Å². The lowest BCUT2D eigenvalue weighted by atomic mass is 9.94. The van der Waals surface area contributed by atoms with E-state index in [1.807, 2.05) is 6.07 Å². The Morgan fingerprint density at radius 1 is 0.346 bits per heavy atom. The van der Waals surface area contributed by atoms with Crippen LogP contribution in [0.2, 0.25) is 0 Å². The van der Waals surface area contributed by atoms with Crippen molar-refractivity contribution < 1.29 is 0 Å². The van der Waals surface area contributed by atoms with Crippen molar-refractivity contribution in [3.63, 3.8) is 0 Å². The quantitative estimate of drug-likeness (QED) is 0.188. The van der Waals surface area contributed by atoms with E-state index in [0.717, 1.165) is 44.3 Å². The minimum absolute atomic E-state index is 0.662. The standard InChI is InChI=1S/C48H30N4/c1-3-15-31(16-4-1)46-39-23-9-12-24-42(39)49-48(50-46)52-44-26-14-11-21-36(44)41-30-40(34-19-7-8-22-38(34)47(41)52)32-27-28-37-35-20-10-13-25-43(35)51(45(37)29-32)33-17-5-2-6-18-33/h1-30H. The molecule has 11 aromatic rings. The van der Waals surface area contributed by atoms with E-state index in [4.69, 9.17) is 9.97 Å². The first-order valence-corrected chi connectivity index (χ1v) is 17.7. The van der Waals surface area contributed by atoms with Gasteiger partial charge in [0.2, 0.25) is 5.95 Å². The third-order valence-electron chi connectivity index (χ3n) is 10.5. The average molecular weight is 663 g/mol. The molecule has 0 atom stereocenters. The first-order chi connectivity index (χ1) is 25.8. The molecule has 0 aliphatic rings. The van der Waals surface area contributed by atoms with E-state index in [1.165, 1.54) is 49.1 Å². The highest BCUT2D eigenvalue weighted by Gasteiger charge is 2.21. The molecule has 0 fully saturated rings. The molecule has 8 aromatic carbocycles. The van der Waals surface area contributed by atoms with Gasteiger partial charge in [0, 0.05) is 43.6 Å². The Hall–Kier alpha value is -7.04. The molecule has 0 aliphatic carbocycles. The summed E-state index contributed by atoms with van der Waals surface area (Å²) in [7, 11) is 0. The maximum Gasteiger partial charge on any atom is 0.235 e. The molecule has 3 heterocycles. The topological polar surface area (TPSA) is 35.6 Å². The summed E-state index contributed by atoms with van der Waals surface area (Å²) >= 11 is 0. The second-order valence-corrected chi connectivity index (χ2v) is 13.4. The Kier molecular flexibility index (Phi) is 6.22. The fourth-order valence-corrected chi connectivity index (χ4v) is 8.24. The van der Waals surface area contributed by atoms with Crippen LogP contribution in [0, 0.1) is 0 Å². The monoisotopic (exact) mass is 662 g/mol. The number of fused-ring (bicyclic) bond motifs is 9. The summed E-state index contributed by atoms with van der Waals surface area (Å²) in [5.41, 5.74) is 11.0. The van der Waals surface area contributed by atoms with Gasteiger partial charge in [-0.3, -0.25) is 4.57 Å². The Bertz CT molecular complexity index is 3170. The summed E-state index contributed by atoms with van der Waals surface area (Å²) in [6.07, 6.45) is 0. The highest BCUT2D eigenvalue weighted by atomic mass is 15.2. The first-order valence-electron chi connectivity index (χ1n) is 17.7. The van der Waals surface area contributed by atoms with Crippen LogP contribution >= 0.6 is 0 Å². The van der Waals surface area contributed by atoms with E-state index in [0.29, 0.717) is 5.95 Å². The highest BCUT2D eigenvalue weighted by molar-refractivity contribution is 6.22. The Morgan fingerprint density at radius 2 is 0.923 bits per heavy atom. The van der Waals surface area contributed by atoms with Gasteiger partial charge in [0.15, 0.2) is 0 Å². The maximum atomic E-state index is 5.34. The molecule has 0 spiro atoms. The molecule has 4 nitrogen and oxygen atoms in total. The third-order valence-corrected chi connectivity index (χ3v) is 10.5. The molecule has 242 valence electrons. The van der Waals surface area contributed by atoms with Crippen LogP contribution in [0.5, 0.6) is 0 Å². The van der Waals surface area contributed by atoms with Crippen LogP contribution in [0.4, 0.5) is 0 Å². The zero-order valence-corrected chi connectivity index (χ0v) is 28.1. The molecular formula is C48H30N4. The summed E-state index contributed by atoms with van der Waals surface area (Å²) in [5.74, 6) is 0.662. The fourth-order valence-electron chi connectivity index (χ4n) is 8.24. The van der Waals surface area contributed by atoms with E-state index < -0.39 is 0 Å². The Morgan fingerprint density at radius 3 is 1.69 bits per heavy atom. The SMILES string of the molecule is c1ccc(-c2nc(-n3c4ccccc4c4cc(-c5ccc6c7ccccc7n(-c7ccccc7)c6c5)c5ccccc5c43)nc3ccccc23)cc1. The molecule has 0 bridgehead atoms. The van der Waals surface area contributed by atoms with Crippen LogP contribution < -0.4 is 0 Å². The smallest absolute Gasteiger partial charge is 0.235 e. The number of hydrogen-bond acceptors (Lipinski definition) is 2. The van der Waals surface area contributed by atoms with Gasteiger partial charge >= 0.3 is 0 Å². The van der Waals surface area contributed by atoms with Crippen molar-refractivity contribution in [2.24, 2.45) is 0 Å². The second-order valence-electron chi connectivity index (χ2n) is 13.4. The van der Waals surface area contributed by atoms with Crippen molar-refractivity contribution in [2.75, 3.05) is 0 Å². The molecule has 0 radical (unpaired) electrons. The number of aromatic nitrogens is 4. The van der Waals surface area contributed by atoms with Crippen LogP contribution in [0.25, 0.3) is 99.3 Å². The van der Waals surface area contributed by atoms with Crippen molar-refractivity contribution >= 4 is 65.3 Å². The molecule has 11 rings (SSSR count). The second kappa shape index (κ2) is 11.2. The van der Waals surface area contributed by atoms with Gasteiger partial charge in [-0.25, -0.2) is 9.97 Å². The zero-order valence-electron chi connectivity index (χ0n) is 28.1. The van der Waals surface area contributed by atoms with Crippen molar-refractivity contribution in [3.8, 4) is 34.0 Å². The van der Waals surface area contributed by atoms with Gasteiger partial charge in [-0.1, -0.05) is 140 Å². The minimum Gasteiger partial charge on any atom is -0.309 e. The van der Waals surface area contributed by atoms with Crippen LogP contribution in [0.3, 0.4) is 0 Å². The van der Waals surface area contributed by atoms with E-state index in [9.17, 15) is 0 Å². The first kappa shape index (κ1) is 28.8. The lowest BCUT2D eigenvalue weighted by Gasteiger charge is -2.14. The summed E-state index contributed by atoms with van der Waals surface area (Å²) in [6, 6.07) is 64.9. The molecule has 3 aromatic heterocycles. The maximum absolute atomic E-state index is 5.34. The van der Waals surface area contributed by atoms with Crippen LogP contribution in [-0.4, -0.2) is 19.1 Å². The van der Waals surface area contributed by atoms with Gasteiger partial charge in [0.1, 0.15) is 0 Å². The van der Waals surface area contributed by atoms with Gasteiger partial charge in [0.25, 0.3) is 0 Å². The van der Waals surface area contributed by atoms with Gasteiger partial charge in [-0.2, -0.15) is 0 Å². The Balaban J connectivity index is 1.22. The minimum atomic E-state index is 0.662. The van der Waals surface area contributed by atoms with Gasteiger partial charge in [-0.05, 0) is 59.0 Å². The number of rotatable bonds is 4. The summed E-state index contributed by atoms with van der Waals surface area (Å²) < 4.78 is 4.66. The molecule has 4 heteroatoms. The fraction of sp³-hybridized carbons (Fsp3) is 0. The molecular weight excluding hydrogens is 633 g/mol. The van der Waals surface area contributed by atoms with Crippen LogP contribution in [0.15, 0.2) is 182 Å². The van der Waals surface area contributed by atoms with Crippen LogP contribution in [0.1, 0.15) is 0 Å². The van der Waals surface area contributed by atoms with Crippen molar-refractivity contribution in [2.45, 2.75) is 0 Å². The molecule has 0 amide bonds. The van der Waals surface area contributed by atoms with E-state index in [-0.39, 0.29) is 0 Å². The Labute approximate surface area is 299 Å².